The monoisotopic (exact) mass is 250 g/mol. The standard InChI is InChI=1S/C12H14N2O2S/c1-8-12(9-4-3-7-17-9)14-10(13-8)5-6-11(15)16-2/h3-4,7H,5-6H2,1-2H3,(H,13,14). The van der Waals surface area contributed by atoms with E-state index in [1.165, 1.54) is 7.11 Å². The Hall–Kier alpha value is -1.62. The van der Waals surface area contributed by atoms with Crippen molar-refractivity contribution >= 4 is 17.3 Å². The summed E-state index contributed by atoms with van der Waals surface area (Å²) in [7, 11) is 1.40. The lowest BCUT2D eigenvalue weighted by Crippen LogP contribution is -2.02. The van der Waals surface area contributed by atoms with Gasteiger partial charge in [-0.3, -0.25) is 4.79 Å². The summed E-state index contributed by atoms with van der Waals surface area (Å²) in [5.74, 6) is 0.619. The summed E-state index contributed by atoms with van der Waals surface area (Å²) in [6.45, 7) is 1.99. The number of carbonyl (C=O) groups is 1. The highest BCUT2D eigenvalue weighted by molar-refractivity contribution is 7.13. The van der Waals surface area contributed by atoms with E-state index < -0.39 is 0 Å². The van der Waals surface area contributed by atoms with Crippen molar-refractivity contribution in [2.45, 2.75) is 19.8 Å². The zero-order valence-corrected chi connectivity index (χ0v) is 10.6. The van der Waals surface area contributed by atoms with Crippen molar-refractivity contribution in [1.29, 1.82) is 0 Å². The highest BCUT2D eigenvalue weighted by atomic mass is 32.1. The number of aromatic amines is 1. The number of ether oxygens (including phenoxy) is 1. The van der Waals surface area contributed by atoms with Gasteiger partial charge in [0, 0.05) is 12.1 Å². The Morgan fingerprint density at radius 3 is 3.06 bits per heavy atom. The summed E-state index contributed by atoms with van der Waals surface area (Å²) in [6, 6.07) is 4.04. The van der Waals surface area contributed by atoms with Crippen LogP contribution in [0.1, 0.15) is 17.9 Å². The molecule has 0 radical (unpaired) electrons. The van der Waals surface area contributed by atoms with Gasteiger partial charge in [-0.15, -0.1) is 11.3 Å². The molecule has 17 heavy (non-hydrogen) atoms. The second kappa shape index (κ2) is 5.14. The minimum atomic E-state index is -0.211. The summed E-state index contributed by atoms with van der Waals surface area (Å²) in [5, 5.41) is 2.03. The molecular weight excluding hydrogens is 236 g/mol. The zero-order valence-electron chi connectivity index (χ0n) is 9.82. The highest BCUT2D eigenvalue weighted by Gasteiger charge is 2.10. The predicted octanol–water partition coefficient (Wildman–Crippen LogP) is 2.55. The maximum absolute atomic E-state index is 11.0. The van der Waals surface area contributed by atoms with Crippen LogP contribution >= 0.6 is 11.3 Å². The zero-order chi connectivity index (χ0) is 12.3. The lowest BCUT2D eigenvalue weighted by Gasteiger charge is -1.95. The maximum atomic E-state index is 11.0. The van der Waals surface area contributed by atoms with Crippen LogP contribution in [0.5, 0.6) is 0 Å². The Balaban J connectivity index is 2.11. The molecule has 0 spiro atoms. The molecule has 4 nitrogen and oxygen atoms in total. The largest absolute Gasteiger partial charge is 0.469 e. The van der Waals surface area contributed by atoms with Gasteiger partial charge in [-0.1, -0.05) is 6.07 Å². The number of thiophene rings is 1. The molecule has 5 heteroatoms. The summed E-state index contributed by atoms with van der Waals surface area (Å²) >= 11 is 1.66. The number of esters is 1. The molecule has 0 aromatic carbocycles. The number of hydrogen-bond acceptors (Lipinski definition) is 4. The van der Waals surface area contributed by atoms with Crippen LogP contribution in [0, 0.1) is 6.92 Å². The third-order valence-corrected chi connectivity index (χ3v) is 3.36. The van der Waals surface area contributed by atoms with Gasteiger partial charge in [0.25, 0.3) is 0 Å². The molecule has 90 valence electrons. The summed E-state index contributed by atoms with van der Waals surface area (Å²) < 4.78 is 4.60. The SMILES string of the molecule is COC(=O)CCc1nc(-c2cccs2)c(C)[nH]1. The van der Waals surface area contributed by atoms with Crippen LogP contribution in [0.25, 0.3) is 10.6 Å². The van der Waals surface area contributed by atoms with E-state index in [2.05, 4.69) is 14.7 Å². The van der Waals surface area contributed by atoms with Crippen LogP contribution in [-0.4, -0.2) is 23.0 Å². The molecule has 0 atom stereocenters. The van der Waals surface area contributed by atoms with E-state index in [9.17, 15) is 4.79 Å². The average Bonchev–Trinajstić information content (AvgIpc) is 2.94. The molecule has 0 aliphatic rings. The first-order valence-electron chi connectivity index (χ1n) is 5.37. The van der Waals surface area contributed by atoms with E-state index in [1.807, 2.05) is 24.4 Å². The van der Waals surface area contributed by atoms with E-state index in [1.54, 1.807) is 11.3 Å². The van der Waals surface area contributed by atoms with Gasteiger partial charge in [0.1, 0.15) is 11.5 Å². The number of methoxy groups -OCH3 is 1. The van der Waals surface area contributed by atoms with Crippen molar-refractivity contribution in [3.63, 3.8) is 0 Å². The Morgan fingerprint density at radius 2 is 2.41 bits per heavy atom. The number of nitrogens with one attached hydrogen (secondary N) is 1. The molecular formula is C12H14N2O2S. The Labute approximate surface area is 104 Å². The number of aryl methyl sites for hydroxylation is 2. The fourth-order valence-electron chi connectivity index (χ4n) is 1.62. The van der Waals surface area contributed by atoms with Gasteiger partial charge in [0.15, 0.2) is 0 Å². The van der Waals surface area contributed by atoms with E-state index in [4.69, 9.17) is 0 Å². The molecule has 0 unspecified atom stereocenters. The van der Waals surface area contributed by atoms with Gasteiger partial charge in [0.05, 0.1) is 18.4 Å². The van der Waals surface area contributed by atoms with Gasteiger partial charge in [0.2, 0.25) is 0 Å². The smallest absolute Gasteiger partial charge is 0.305 e. The van der Waals surface area contributed by atoms with Crippen molar-refractivity contribution in [3.8, 4) is 10.6 Å². The normalized spacial score (nSPS) is 10.5. The minimum absolute atomic E-state index is 0.211. The lowest BCUT2D eigenvalue weighted by molar-refractivity contribution is -0.140. The highest BCUT2D eigenvalue weighted by Crippen LogP contribution is 2.25. The quantitative estimate of drug-likeness (QED) is 0.848. The lowest BCUT2D eigenvalue weighted by atomic mass is 10.3. The van der Waals surface area contributed by atoms with E-state index in [0.29, 0.717) is 12.8 Å². The molecule has 0 fully saturated rings. The van der Waals surface area contributed by atoms with E-state index in [0.717, 1.165) is 22.1 Å². The molecule has 0 amide bonds. The first kappa shape index (κ1) is 11.9. The number of nitrogens with zero attached hydrogens (tertiary/aromatic N) is 1. The van der Waals surface area contributed by atoms with Crippen molar-refractivity contribution < 1.29 is 9.53 Å². The molecule has 2 aromatic heterocycles. The Kier molecular flexibility index (Phi) is 3.58. The molecule has 0 saturated carbocycles. The van der Waals surface area contributed by atoms with Gasteiger partial charge in [-0.05, 0) is 18.4 Å². The molecule has 0 saturated heterocycles. The number of hydrogen-bond donors (Lipinski definition) is 1. The Morgan fingerprint density at radius 1 is 1.59 bits per heavy atom. The average molecular weight is 250 g/mol. The van der Waals surface area contributed by atoms with Crippen molar-refractivity contribution in [2.24, 2.45) is 0 Å². The second-order valence-electron chi connectivity index (χ2n) is 3.71. The summed E-state index contributed by atoms with van der Waals surface area (Å²) in [6.07, 6.45) is 0.937. The van der Waals surface area contributed by atoms with Crippen molar-refractivity contribution in [3.05, 3.63) is 29.0 Å². The van der Waals surface area contributed by atoms with Crippen molar-refractivity contribution in [2.75, 3.05) is 7.11 Å². The molecule has 2 rings (SSSR count). The van der Waals surface area contributed by atoms with Crippen LogP contribution in [0.2, 0.25) is 0 Å². The minimum Gasteiger partial charge on any atom is -0.469 e. The van der Waals surface area contributed by atoms with Crippen LogP contribution < -0.4 is 0 Å². The van der Waals surface area contributed by atoms with Crippen LogP contribution in [0.15, 0.2) is 17.5 Å². The molecule has 0 aliphatic heterocycles. The maximum Gasteiger partial charge on any atom is 0.305 e. The van der Waals surface area contributed by atoms with Gasteiger partial charge < -0.3 is 9.72 Å². The third kappa shape index (κ3) is 2.74. The topological polar surface area (TPSA) is 55.0 Å². The first-order chi connectivity index (χ1) is 8.20. The fraction of sp³-hybridized carbons (Fsp3) is 0.333. The number of imidazole rings is 1. The van der Waals surface area contributed by atoms with Gasteiger partial charge >= 0.3 is 5.97 Å². The van der Waals surface area contributed by atoms with Crippen LogP contribution in [-0.2, 0) is 16.0 Å². The molecule has 0 aliphatic carbocycles. The number of rotatable bonds is 4. The first-order valence-corrected chi connectivity index (χ1v) is 6.25. The van der Waals surface area contributed by atoms with Crippen LogP contribution in [0.4, 0.5) is 0 Å². The molecule has 0 bridgehead atoms. The summed E-state index contributed by atoms with van der Waals surface area (Å²) in [5.41, 5.74) is 2.01. The fourth-order valence-corrected chi connectivity index (χ4v) is 2.39. The van der Waals surface area contributed by atoms with E-state index >= 15 is 0 Å². The van der Waals surface area contributed by atoms with E-state index in [-0.39, 0.29) is 5.97 Å². The van der Waals surface area contributed by atoms with Crippen LogP contribution in [0.3, 0.4) is 0 Å². The van der Waals surface area contributed by atoms with Gasteiger partial charge in [-0.25, -0.2) is 4.98 Å². The number of carbonyl (C=O) groups excluding carboxylic acids is 1. The molecule has 2 heterocycles. The molecule has 2 aromatic rings. The number of aromatic nitrogens is 2. The van der Waals surface area contributed by atoms with Gasteiger partial charge in [-0.2, -0.15) is 0 Å². The predicted molar refractivity (Wildman–Crippen MR) is 67.0 cm³/mol. The second-order valence-corrected chi connectivity index (χ2v) is 4.66. The number of H-pyrrole nitrogens is 1. The summed E-state index contributed by atoms with van der Waals surface area (Å²) in [4.78, 5) is 19.9. The Bertz CT molecular complexity index is 503. The third-order valence-electron chi connectivity index (χ3n) is 2.48. The van der Waals surface area contributed by atoms with Crippen molar-refractivity contribution in [1.82, 2.24) is 9.97 Å². The molecule has 1 N–H and O–H groups in total.